The normalized spacial score (nSPS) is 16.4. The van der Waals surface area contributed by atoms with Gasteiger partial charge in [0.25, 0.3) is 0 Å². The number of carbonyl (C=O) groups excluding carboxylic acids is 3. The van der Waals surface area contributed by atoms with Gasteiger partial charge in [-0.1, -0.05) is 36.8 Å². The molecule has 0 aliphatic carbocycles. The van der Waals surface area contributed by atoms with Crippen molar-refractivity contribution >= 4 is 23.8 Å². The quantitative estimate of drug-likeness (QED) is 0.262. The first kappa shape index (κ1) is 19.5. The molecule has 1 N–H and O–H groups in total. The molecule has 29 heavy (non-hydrogen) atoms. The first-order chi connectivity index (χ1) is 13.7. The molecule has 0 bridgehead atoms. The summed E-state index contributed by atoms with van der Waals surface area (Å²) in [5.74, 6) is 8.60. The molecule has 0 radical (unpaired) electrons. The van der Waals surface area contributed by atoms with Crippen molar-refractivity contribution < 1.29 is 29.0 Å². The van der Waals surface area contributed by atoms with Gasteiger partial charge in [0.2, 0.25) is 0 Å². The summed E-state index contributed by atoms with van der Waals surface area (Å²) in [7, 11) is 0. The highest BCUT2D eigenvalue weighted by atomic mass is 16.6. The van der Waals surface area contributed by atoms with Crippen LogP contribution in [-0.4, -0.2) is 23.3 Å². The average Bonchev–Trinajstić information content (AvgIpc) is 3.17. The van der Waals surface area contributed by atoms with Crippen molar-refractivity contribution in [3.8, 4) is 35.2 Å². The summed E-state index contributed by atoms with van der Waals surface area (Å²) >= 11 is 0. The first-order valence-electron chi connectivity index (χ1n) is 8.33. The highest BCUT2D eigenvalue weighted by Gasteiger charge is 2.38. The number of aldehydes is 1. The standard InChI is InChI=1S/C23H14O6/c1-12(2)5-7-14-9-17(25)16(11-24)19-20(23(27)29-21(14)19)18-10-15(22(26)28-18)8-6-13(3)4/h9-11,25H,1,3H2,2,4H3/b20-18+. The molecule has 0 amide bonds. The third kappa shape index (κ3) is 3.60. The second kappa shape index (κ2) is 7.38. The van der Waals surface area contributed by atoms with Crippen molar-refractivity contribution in [2.75, 3.05) is 0 Å². The highest BCUT2D eigenvalue weighted by Crippen LogP contribution is 2.45. The number of hydrogen-bond acceptors (Lipinski definition) is 6. The van der Waals surface area contributed by atoms with Crippen LogP contribution in [-0.2, 0) is 14.3 Å². The monoisotopic (exact) mass is 386 g/mol. The van der Waals surface area contributed by atoms with Crippen LogP contribution in [0.3, 0.4) is 0 Å². The van der Waals surface area contributed by atoms with E-state index in [1.807, 2.05) is 0 Å². The fraction of sp³-hybridized carbons (Fsp3) is 0.0870. The van der Waals surface area contributed by atoms with Crippen molar-refractivity contribution in [1.82, 2.24) is 0 Å². The molecule has 0 saturated heterocycles. The van der Waals surface area contributed by atoms with E-state index in [9.17, 15) is 19.5 Å². The second-order valence-corrected chi connectivity index (χ2v) is 6.32. The van der Waals surface area contributed by atoms with Gasteiger partial charge in [-0.3, -0.25) is 4.79 Å². The van der Waals surface area contributed by atoms with Crippen LogP contribution in [0.4, 0.5) is 0 Å². The van der Waals surface area contributed by atoms with Crippen molar-refractivity contribution in [2.45, 2.75) is 13.8 Å². The largest absolute Gasteiger partial charge is 0.507 e. The van der Waals surface area contributed by atoms with Gasteiger partial charge in [0.05, 0.1) is 16.7 Å². The average molecular weight is 386 g/mol. The summed E-state index contributed by atoms with van der Waals surface area (Å²) in [5.41, 5.74) is 0.951. The number of phenolic OH excluding ortho intramolecular Hbond substituents is 1. The van der Waals surface area contributed by atoms with E-state index in [0.717, 1.165) is 0 Å². The zero-order valence-corrected chi connectivity index (χ0v) is 15.6. The van der Waals surface area contributed by atoms with Crippen LogP contribution >= 0.6 is 0 Å². The number of phenols is 1. The lowest BCUT2D eigenvalue weighted by molar-refractivity contribution is -0.132. The first-order valence-corrected chi connectivity index (χ1v) is 8.33. The molecule has 0 unspecified atom stereocenters. The van der Waals surface area contributed by atoms with Crippen molar-refractivity contribution in [3.63, 3.8) is 0 Å². The zero-order valence-electron chi connectivity index (χ0n) is 15.6. The van der Waals surface area contributed by atoms with Gasteiger partial charge in [-0.15, -0.1) is 0 Å². The second-order valence-electron chi connectivity index (χ2n) is 6.32. The Morgan fingerprint density at radius 1 is 1.07 bits per heavy atom. The summed E-state index contributed by atoms with van der Waals surface area (Å²) in [6, 6.07) is 1.22. The van der Waals surface area contributed by atoms with Gasteiger partial charge in [0.1, 0.15) is 22.7 Å². The van der Waals surface area contributed by atoms with E-state index < -0.39 is 17.7 Å². The summed E-state index contributed by atoms with van der Waals surface area (Å²) < 4.78 is 10.5. The number of benzene rings is 1. The van der Waals surface area contributed by atoms with Crippen LogP contribution in [0.25, 0.3) is 5.57 Å². The van der Waals surface area contributed by atoms with E-state index in [1.54, 1.807) is 13.8 Å². The Morgan fingerprint density at radius 3 is 2.34 bits per heavy atom. The molecule has 0 aromatic heterocycles. The third-order valence-electron chi connectivity index (χ3n) is 3.83. The Balaban J connectivity index is 2.28. The Kier molecular flexibility index (Phi) is 4.95. The number of rotatable bonds is 1. The summed E-state index contributed by atoms with van der Waals surface area (Å²) in [6.45, 7) is 10.6. The van der Waals surface area contributed by atoms with Crippen LogP contribution in [0.1, 0.15) is 35.3 Å². The topological polar surface area (TPSA) is 89.9 Å². The lowest BCUT2D eigenvalue weighted by atomic mass is 9.96. The van der Waals surface area contributed by atoms with E-state index in [4.69, 9.17) is 9.47 Å². The number of fused-ring (bicyclic) bond motifs is 1. The smallest absolute Gasteiger partial charge is 0.352 e. The third-order valence-corrected chi connectivity index (χ3v) is 3.83. The molecule has 0 saturated carbocycles. The van der Waals surface area contributed by atoms with E-state index >= 15 is 0 Å². The molecule has 6 nitrogen and oxygen atoms in total. The molecule has 0 fully saturated rings. The minimum Gasteiger partial charge on any atom is -0.507 e. The Morgan fingerprint density at radius 2 is 1.72 bits per heavy atom. The Labute approximate surface area is 166 Å². The Hall–Kier alpha value is -4.29. The minimum atomic E-state index is -0.847. The number of carbonyl (C=O) groups is 3. The molecular formula is C23H14O6. The predicted molar refractivity (Wildman–Crippen MR) is 105 cm³/mol. The van der Waals surface area contributed by atoms with E-state index in [0.29, 0.717) is 17.4 Å². The molecule has 1 aromatic rings. The number of esters is 2. The van der Waals surface area contributed by atoms with E-state index in [-0.39, 0.29) is 39.3 Å². The van der Waals surface area contributed by atoms with Crippen LogP contribution in [0.15, 0.2) is 47.8 Å². The van der Waals surface area contributed by atoms with E-state index in [2.05, 4.69) is 36.8 Å². The van der Waals surface area contributed by atoms with Crippen LogP contribution in [0.5, 0.6) is 11.5 Å². The maximum absolute atomic E-state index is 12.6. The lowest BCUT2D eigenvalue weighted by Gasteiger charge is -2.07. The number of allylic oxidation sites excluding steroid dienone is 3. The molecule has 2 aliphatic heterocycles. The molecule has 2 heterocycles. The number of ether oxygens (including phenoxy) is 2. The van der Waals surface area contributed by atoms with Crippen molar-refractivity contribution in [2.24, 2.45) is 0 Å². The van der Waals surface area contributed by atoms with Crippen LogP contribution in [0, 0.1) is 23.7 Å². The highest BCUT2D eigenvalue weighted by molar-refractivity contribution is 6.25. The molecule has 0 spiro atoms. The summed E-state index contributed by atoms with van der Waals surface area (Å²) in [5, 5.41) is 10.3. The van der Waals surface area contributed by atoms with Crippen LogP contribution in [0.2, 0.25) is 0 Å². The molecule has 2 aliphatic rings. The molecule has 142 valence electrons. The SMILES string of the molecule is C=C(C)C#CC1=C/C(=C2\C(=O)Oc3c(C#CC(=C)C)cc(O)c(C=O)c32)OC1=O. The Bertz CT molecular complexity index is 1220. The van der Waals surface area contributed by atoms with Gasteiger partial charge in [-0.2, -0.15) is 0 Å². The van der Waals surface area contributed by atoms with Gasteiger partial charge in [-0.25, -0.2) is 9.59 Å². The summed E-state index contributed by atoms with van der Waals surface area (Å²) in [4.78, 5) is 36.2. The number of aromatic hydroxyl groups is 1. The minimum absolute atomic E-state index is 0.00271. The van der Waals surface area contributed by atoms with Crippen molar-refractivity contribution in [3.05, 3.63) is 64.5 Å². The molecule has 0 atom stereocenters. The van der Waals surface area contributed by atoms with Crippen LogP contribution < -0.4 is 4.74 Å². The van der Waals surface area contributed by atoms with E-state index in [1.165, 1.54) is 12.1 Å². The molecule has 1 aromatic carbocycles. The van der Waals surface area contributed by atoms with Gasteiger partial charge >= 0.3 is 11.9 Å². The molecule has 6 heteroatoms. The predicted octanol–water partition coefficient (Wildman–Crippen LogP) is 2.83. The number of cyclic esters (lactones) is 1. The summed E-state index contributed by atoms with van der Waals surface area (Å²) in [6.07, 6.45) is 1.66. The van der Waals surface area contributed by atoms with Gasteiger partial charge in [-0.05, 0) is 25.0 Å². The fourth-order valence-electron chi connectivity index (χ4n) is 2.63. The zero-order chi connectivity index (χ0) is 21.3. The lowest BCUT2D eigenvalue weighted by Crippen LogP contribution is -2.05. The fourth-order valence-corrected chi connectivity index (χ4v) is 2.63. The molecular weight excluding hydrogens is 372 g/mol. The van der Waals surface area contributed by atoms with Gasteiger partial charge in [0, 0.05) is 12.1 Å². The van der Waals surface area contributed by atoms with Gasteiger partial charge < -0.3 is 14.6 Å². The van der Waals surface area contributed by atoms with Crippen molar-refractivity contribution in [1.29, 1.82) is 0 Å². The molecule has 3 rings (SSSR count). The number of hydrogen-bond donors (Lipinski definition) is 1. The van der Waals surface area contributed by atoms with Gasteiger partial charge in [0.15, 0.2) is 12.0 Å². The maximum atomic E-state index is 12.6. The maximum Gasteiger partial charge on any atom is 0.352 e.